The summed E-state index contributed by atoms with van der Waals surface area (Å²) in [4.78, 5) is 18.1. The Morgan fingerprint density at radius 2 is 2.10 bits per heavy atom. The molecule has 2 radical (unpaired) electrons. The van der Waals surface area contributed by atoms with Crippen molar-refractivity contribution < 1.29 is 4.79 Å². The highest BCUT2D eigenvalue weighted by Crippen LogP contribution is 2.19. The van der Waals surface area contributed by atoms with Gasteiger partial charge in [0.25, 0.3) is 5.91 Å². The summed E-state index contributed by atoms with van der Waals surface area (Å²) < 4.78 is 0. The molecule has 0 saturated carbocycles. The standard InChI is InChI=1S/C15H14BClN2O/c1-3-10-4-7-14(18-9-10)19(2)15(20)12-6-5-11(16)8-13(12)17/h4-9H,3H2,1-2H3. The van der Waals surface area contributed by atoms with E-state index in [-0.39, 0.29) is 5.91 Å². The van der Waals surface area contributed by atoms with Crippen molar-refractivity contribution in [3.8, 4) is 0 Å². The average molecular weight is 285 g/mol. The lowest BCUT2D eigenvalue weighted by molar-refractivity contribution is 0.0992. The van der Waals surface area contributed by atoms with Crippen molar-refractivity contribution in [3.63, 3.8) is 0 Å². The summed E-state index contributed by atoms with van der Waals surface area (Å²) in [6.07, 6.45) is 2.68. The van der Waals surface area contributed by atoms with E-state index in [0.29, 0.717) is 21.9 Å². The first-order valence-corrected chi connectivity index (χ1v) is 6.68. The molecule has 0 unspecified atom stereocenters. The molecule has 0 spiro atoms. The fourth-order valence-electron chi connectivity index (χ4n) is 1.81. The normalized spacial score (nSPS) is 10.3. The monoisotopic (exact) mass is 284 g/mol. The molecule has 0 aliphatic heterocycles. The van der Waals surface area contributed by atoms with Gasteiger partial charge in [0.2, 0.25) is 0 Å². The molecule has 0 bridgehead atoms. The first-order valence-electron chi connectivity index (χ1n) is 6.31. The summed E-state index contributed by atoms with van der Waals surface area (Å²) in [5.74, 6) is 0.367. The number of carbonyl (C=O) groups is 1. The van der Waals surface area contributed by atoms with Gasteiger partial charge in [-0.05, 0) is 30.2 Å². The van der Waals surface area contributed by atoms with Gasteiger partial charge in [-0.3, -0.25) is 9.69 Å². The number of hydrogen-bond acceptors (Lipinski definition) is 2. The largest absolute Gasteiger partial charge is 0.296 e. The second-order valence-corrected chi connectivity index (χ2v) is 4.89. The molecule has 2 aromatic rings. The number of amides is 1. The Kier molecular flexibility index (Phi) is 4.45. The summed E-state index contributed by atoms with van der Waals surface area (Å²) in [7, 11) is 7.29. The van der Waals surface area contributed by atoms with Gasteiger partial charge in [0.1, 0.15) is 13.7 Å². The van der Waals surface area contributed by atoms with E-state index in [1.807, 2.05) is 12.1 Å². The molecule has 1 aromatic carbocycles. The van der Waals surface area contributed by atoms with Crippen molar-refractivity contribution in [1.82, 2.24) is 4.98 Å². The lowest BCUT2D eigenvalue weighted by atomic mass is 9.95. The number of carbonyl (C=O) groups excluding carboxylic acids is 1. The van der Waals surface area contributed by atoms with Crippen LogP contribution in [0.4, 0.5) is 5.82 Å². The predicted molar refractivity (Wildman–Crippen MR) is 83.2 cm³/mol. The SMILES string of the molecule is [B]c1ccc(C(=O)N(C)c2ccc(CC)cn2)c(Cl)c1. The Bertz CT molecular complexity index is 628. The van der Waals surface area contributed by atoms with Crippen molar-refractivity contribution in [2.45, 2.75) is 13.3 Å². The molecule has 0 aliphatic rings. The minimum absolute atomic E-state index is 0.216. The van der Waals surface area contributed by atoms with E-state index < -0.39 is 0 Å². The summed E-state index contributed by atoms with van der Waals surface area (Å²) >= 11 is 6.06. The Balaban J connectivity index is 2.27. The molecule has 1 aromatic heterocycles. The molecule has 0 fully saturated rings. The van der Waals surface area contributed by atoms with E-state index in [9.17, 15) is 4.79 Å². The van der Waals surface area contributed by atoms with Gasteiger partial charge in [0.05, 0.1) is 10.6 Å². The summed E-state index contributed by atoms with van der Waals surface area (Å²) in [5.41, 5.74) is 2.06. The van der Waals surface area contributed by atoms with E-state index in [4.69, 9.17) is 19.4 Å². The molecule has 1 amide bonds. The highest BCUT2D eigenvalue weighted by atomic mass is 35.5. The number of hydrogen-bond donors (Lipinski definition) is 0. The fourth-order valence-corrected chi connectivity index (χ4v) is 2.08. The molecule has 0 N–H and O–H groups in total. The van der Waals surface area contributed by atoms with Crippen LogP contribution < -0.4 is 10.4 Å². The molecule has 0 saturated heterocycles. The summed E-state index contributed by atoms with van der Waals surface area (Å²) in [6, 6.07) is 8.62. The smallest absolute Gasteiger partial charge is 0.260 e. The van der Waals surface area contributed by atoms with E-state index >= 15 is 0 Å². The average Bonchev–Trinajstić information content (AvgIpc) is 2.46. The maximum absolute atomic E-state index is 12.4. The number of aromatic nitrogens is 1. The van der Waals surface area contributed by atoms with Gasteiger partial charge in [0.15, 0.2) is 0 Å². The molecule has 20 heavy (non-hydrogen) atoms. The topological polar surface area (TPSA) is 33.2 Å². The number of benzene rings is 1. The first kappa shape index (κ1) is 14.6. The van der Waals surface area contributed by atoms with Gasteiger partial charge < -0.3 is 0 Å². The molecule has 1 heterocycles. The van der Waals surface area contributed by atoms with Crippen LogP contribution >= 0.6 is 11.6 Å². The second-order valence-electron chi connectivity index (χ2n) is 4.48. The van der Waals surface area contributed by atoms with Gasteiger partial charge in [-0.25, -0.2) is 4.98 Å². The number of anilines is 1. The molecule has 2 rings (SSSR count). The predicted octanol–water partition coefficient (Wildman–Crippen LogP) is 2.37. The maximum Gasteiger partial charge on any atom is 0.260 e. The molecular weight excluding hydrogens is 270 g/mol. The highest BCUT2D eigenvalue weighted by molar-refractivity contribution is 6.38. The van der Waals surface area contributed by atoms with Crippen molar-refractivity contribution in [3.05, 3.63) is 52.7 Å². The van der Waals surface area contributed by atoms with Crippen molar-refractivity contribution in [1.29, 1.82) is 0 Å². The zero-order valence-corrected chi connectivity index (χ0v) is 12.2. The van der Waals surface area contributed by atoms with Crippen LogP contribution in [0.3, 0.4) is 0 Å². The third-order valence-electron chi connectivity index (χ3n) is 3.09. The minimum atomic E-state index is -0.216. The van der Waals surface area contributed by atoms with Crippen LogP contribution in [0.2, 0.25) is 5.02 Å². The van der Waals surface area contributed by atoms with Gasteiger partial charge in [-0.15, -0.1) is 0 Å². The van der Waals surface area contributed by atoms with Crippen molar-refractivity contribution >= 4 is 36.6 Å². The number of rotatable bonds is 3. The van der Waals surface area contributed by atoms with Crippen molar-refractivity contribution in [2.75, 3.05) is 11.9 Å². The van der Waals surface area contributed by atoms with Crippen LogP contribution in [0.25, 0.3) is 0 Å². The minimum Gasteiger partial charge on any atom is -0.296 e. The zero-order chi connectivity index (χ0) is 14.7. The zero-order valence-electron chi connectivity index (χ0n) is 11.4. The summed E-state index contributed by atoms with van der Waals surface area (Å²) in [5, 5.41) is 0.340. The van der Waals surface area contributed by atoms with E-state index in [0.717, 1.165) is 12.0 Å². The lowest BCUT2D eigenvalue weighted by Gasteiger charge is -2.17. The van der Waals surface area contributed by atoms with Gasteiger partial charge in [-0.2, -0.15) is 0 Å². The first-order chi connectivity index (χ1) is 9.52. The number of pyridine rings is 1. The summed E-state index contributed by atoms with van der Waals surface area (Å²) in [6.45, 7) is 2.06. The van der Waals surface area contributed by atoms with Gasteiger partial charge in [0, 0.05) is 13.2 Å². The number of aryl methyl sites for hydroxylation is 1. The van der Waals surface area contributed by atoms with Crippen LogP contribution in [0, 0.1) is 0 Å². The Morgan fingerprint density at radius 1 is 1.35 bits per heavy atom. The Hall–Kier alpha value is -1.81. The third-order valence-corrected chi connectivity index (χ3v) is 3.40. The Labute approximate surface area is 125 Å². The lowest BCUT2D eigenvalue weighted by Crippen LogP contribution is -2.27. The molecule has 5 heteroatoms. The molecule has 0 atom stereocenters. The van der Waals surface area contributed by atoms with E-state index in [2.05, 4.69) is 11.9 Å². The van der Waals surface area contributed by atoms with Crippen molar-refractivity contribution in [2.24, 2.45) is 0 Å². The van der Waals surface area contributed by atoms with E-state index in [1.54, 1.807) is 31.4 Å². The quantitative estimate of drug-likeness (QED) is 0.811. The van der Waals surface area contributed by atoms with E-state index in [1.165, 1.54) is 4.90 Å². The third kappa shape index (κ3) is 3.02. The highest BCUT2D eigenvalue weighted by Gasteiger charge is 2.17. The van der Waals surface area contributed by atoms with Crippen LogP contribution in [0.15, 0.2) is 36.5 Å². The van der Waals surface area contributed by atoms with Gasteiger partial charge >= 0.3 is 0 Å². The van der Waals surface area contributed by atoms with Crippen LogP contribution in [-0.4, -0.2) is 25.8 Å². The molecular formula is C15H14BClN2O. The van der Waals surface area contributed by atoms with Crippen LogP contribution in [0.5, 0.6) is 0 Å². The molecule has 100 valence electrons. The maximum atomic E-state index is 12.4. The Morgan fingerprint density at radius 3 is 2.65 bits per heavy atom. The van der Waals surface area contributed by atoms with Crippen LogP contribution in [-0.2, 0) is 6.42 Å². The molecule has 3 nitrogen and oxygen atoms in total. The number of nitrogens with zero attached hydrogens (tertiary/aromatic N) is 2. The molecule has 0 aliphatic carbocycles. The van der Waals surface area contributed by atoms with Gasteiger partial charge in [-0.1, -0.05) is 36.1 Å². The van der Waals surface area contributed by atoms with Crippen LogP contribution in [0.1, 0.15) is 22.8 Å². The fraction of sp³-hybridized carbons (Fsp3) is 0.200. The second kappa shape index (κ2) is 6.10. The number of halogens is 1.